The number of nitro benzene ring substituents is 1. The Bertz CT molecular complexity index is 540. The molecule has 0 fully saturated rings. The van der Waals surface area contributed by atoms with Crippen molar-refractivity contribution >= 4 is 17.4 Å². The van der Waals surface area contributed by atoms with E-state index in [1.54, 1.807) is 0 Å². The Kier molecular flexibility index (Phi) is 5.39. The Labute approximate surface area is 117 Å². The van der Waals surface area contributed by atoms with Crippen LogP contribution in [0.2, 0.25) is 0 Å². The van der Waals surface area contributed by atoms with Gasteiger partial charge in [-0.2, -0.15) is 13.2 Å². The number of Topliss-reactive ketones (excluding diaryl/α,β-unsaturated/α-hetero) is 1. The predicted molar refractivity (Wildman–Crippen MR) is 65.2 cm³/mol. The van der Waals surface area contributed by atoms with Crippen LogP contribution in [0.15, 0.2) is 24.3 Å². The lowest BCUT2D eigenvalue weighted by molar-refractivity contribution is -0.384. The quantitative estimate of drug-likeness (QED) is 0.495. The molecule has 0 aliphatic heterocycles. The number of non-ortho nitro benzene ring substituents is 1. The molecule has 114 valence electrons. The van der Waals surface area contributed by atoms with E-state index >= 15 is 0 Å². The van der Waals surface area contributed by atoms with E-state index in [-0.39, 0.29) is 12.2 Å². The summed E-state index contributed by atoms with van der Waals surface area (Å²) < 4.78 is 35.7. The van der Waals surface area contributed by atoms with Gasteiger partial charge in [-0.05, 0) is 5.56 Å². The molecule has 9 heteroatoms. The molecular weight excluding hydrogens is 293 g/mol. The normalized spacial score (nSPS) is 11.0. The van der Waals surface area contributed by atoms with Gasteiger partial charge in [0.2, 0.25) is 5.78 Å². The molecule has 0 spiro atoms. The molecule has 0 radical (unpaired) electrons. The summed E-state index contributed by atoms with van der Waals surface area (Å²) in [5, 5.41) is 12.6. The standard InChI is InChI=1S/C12H11F3N2O4/c13-12(14,15)6-5-10(18)11(19)16-7-8-1-3-9(4-2-8)17(20)21/h1-4H,5-7H2,(H,16,19). The van der Waals surface area contributed by atoms with E-state index < -0.39 is 35.6 Å². The maximum atomic E-state index is 11.9. The average Bonchev–Trinajstić information content (AvgIpc) is 2.41. The minimum Gasteiger partial charge on any atom is -0.345 e. The fourth-order valence-corrected chi connectivity index (χ4v) is 1.39. The molecule has 1 N–H and O–H groups in total. The number of nitro groups is 1. The van der Waals surface area contributed by atoms with Crippen LogP contribution in [0.5, 0.6) is 0 Å². The van der Waals surface area contributed by atoms with Gasteiger partial charge in [0, 0.05) is 25.1 Å². The van der Waals surface area contributed by atoms with Crippen LogP contribution in [0.1, 0.15) is 18.4 Å². The first-order valence-corrected chi connectivity index (χ1v) is 5.80. The maximum absolute atomic E-state index is 11.9. The van der Waals surface area contributed by atoms with Crippen molar-refractivity contribution in [1.82, 2.24) is 5.32 Å². The molecule has 1 amide bonds. The third-order valence-electron chi connectivity index (χ3n) is 2.49. The van der Waals surface area contributed by atoms with Crippen molar-refractivity contribution in [2.45, 2.75) is 25.6 Å². The van der Waals surface area contributed by atoms with Gasteiger partial charge >= 0.3 is 6.18 Å². The van der Waals surface area contributed by atoms with Gasteiger partial charge in [-0.1, -0.05) is 12.1 Å². The SMILES string of the molecule is O=C(CCC(F)(F)F)C(=O)NCc1ccc([N+](=O)[O-])cc1. The molecule has 0 atom stereocenters. The Morgan fingerprint density at radius 1 is 1.19 bits per heavy atom. The van der Waals surface area contributed by atoms with Crippen molar-refractivity contribution in [3.05, 3.63) is 39.9 Å². The highest BCUT2D eigenvalue weighted by Gasteiger charge is 2.29. The van der Waals surface area contributed by atoms with Crippen LogP contribution < -0.4 is 5.32 Å². The topological polar surface area (TPSA) is 89.3 Å². The van der Waals surface area contributed by atoms with Crippen molar-refractivity contribution in [3.63, 3.8) is 0 Å². The highest BCUT2D eigenvalue weighted by molar-refractivity contribution is 6.36. The molecule has 21 heavy (non-hydrogen) atoms. The summed E-state index contributed by atoms with van der Waals surface area (Å²) in [6.45, 7) is -0.103. The van der Waals surface area contributed by atoms with Crippen molar-refractivity contribution in [2.75, 3.05) is 0 Å². The molecular formula is C12H11F3N2O4. The lowest BCUT2D eigenvalue weighted by Gasteiger charge is -2.06. The number of alkyl halides is 3. The second kappa shape index (κ2) is 6.82. The fourth-order valence-electron chi connectivity index (χ4n) is 1.39. The predicted octanol–water partition coefficient (Wildman–Crippen LogP) is 2.12. The summed E-state index contributed by atoms with van der Waals surface area (Å²) in [6.07, 6.45) is -6.75. The van der Waals surface area contributed by atoms with E-state index in [9.17, 15) is 32.9 Å². The highest BCUT2D eigenvalue weighted by atomic mass is 19.4. The average molecular weight is 304 g/mol. The number of halogens is 3. The number of nitrogens with one attached hydrogen (secondary N) is 1. The first kappa shape index (κ1) is 16.6. The van der Waals surface area contributed by atoms with Crippen LogP contribution >= 0.6 is 0 Å². The smallest absolute Gasteiger partial charge is 0.345 e. The fraction of sp³-hybridized carbons (Fsp3) is 0.333. The molecule has 1 aromatic carbocycles. The zero-order chi connectivity index (χ0) is 16.0. The summed E-state index contributed by atoms with van der Waals surface area (Å²) in [6, 6.07) is 5.18. The lowest BCUT2D eigenvalue weighted by Crippen LogP contribution is -2.31. The van der Waals surface area contributed by atoms with Crippen LogP contribution in [-0.2, 0) is 16.1 Å². The zero-order valence-corrected chi connectivity index (χ0v) is 10.6. The molecule has 0 saturated carbocycles. The van der Waals surface area contributed by atoms with Gasteiger partial charge in [0.15, 0.2) is 0 Å². The Morgan fingerprint density at radius 3 is 2.24 bits per heavy atom. The number of carbonyl (C=O) groups excluding carboxylic acids is 2. The number of benzene rings is 1. The summed E-state index contributed by atoms with van der Waals surface area (Å²) in [5.74, 6) is -2.27. The number of hydrogen-bond acceptors (Lipinski definition) is 4. The van der Waals surface area contributed by atoms with E-state index in [1.807, 2.05) is 0 Å². The Balaban J connectivity index is 2.45. The Hall–Kier alpha value is -2.45. The molecule has 0 heterocycles. The van der Waals surface area contributed by atoms with Gasteiger partial charge in [-0.3, -0.25) is 19.7 Å². The number of amides is 1. The number of rotatable bonds is 6. The van der Waals surface area contributed by atoms with Crippen LogP contribution in [0, 0.1) is 10.1 Å². The van der Waals surface area contributed by atoms with E-state index in [1.165, 1.54) is 24.3 Å². The molecule has 0 unspecified atom stereocenters. The first-order chi connectivity index (χ1) is 9.69. The Morgan fingerprint density at radius 2 is 1.76 bits per heavy atom. The van der Waals surface area contributed by atoms with Gasteiger partial charge < -0.3 is 5.32 Å². The third kappa shape index (κ3) is 6.02. The van der Waals surface area contributed by atoms with Gasteiger partial charge in [0.1, 0.15) is 0 Å². The summed E-state index contributed by atoms with van der Waals surface area (Å²) >= 11 is 0. The van der Waals surface area contributed by atoms with E-state index in [2.05, 4.69) is 5.32 Å². The van der Waals surface area contributed by atoms with Crippen molar-refractivity contribution in [2.24, 2.45) is 0 Å². The molecule has 0 aliphatic carbocycles. The van der Waals surface area contributed by atoms with Gasteiger partial charge in [0.05, 0.1) is 11.3 Å². The maximum Gasteiger partial charge on any atom is 0.389 e. The minimum absolute atomic E-state index is 0.103. The van der Waals surface area contributed by atoms with Crippen LogP contribution in [0.25, 0.3) is 0 Å². The number of hydrogen-bond donors (Lipinski definition) is 1. The van der Waals surface area contributed by atoms with Crippen LogP contribution in [-0.4, -0.2) is 22.8 Å². The summed E-state index contributed by atoms with van der Waals surface area (Å²) in [7, 11) is 0. The zero-order valence-electron chi connectivity index (χ0n) is 10.6. The second-order valence-corrected chi connectivity index (χ2v) is 4.14. The monoisotopic (exact) mass is 304 g/mol. The van der Waals surface area contributed by atoms with E-state index in [0.29, 0.717) is 5.56 Å². The summed E-state index contributed by atoms with van der Waals surface area (Å²) in [5.41, 5.74) is 0.351. The molecule has 0 saturated heterocycles. The lowest BCUT2D eigenvalue weighted by atomic mass is 10.2. The van der Waals surface area contributed by atoms with Crippen LogP contribution in [0.3, 0.4) is 0 Å². The van der Waals surface area contributed by atoms with Gasteiger partial charge in [-0.15, -0.1) is 0 Å². The molecule has 1 rings (SSSR count). The molecule has 6 nitrogen and oxygen atoms in total. The number of carbonyl (C=O) groups is 2. The molecule has 0 bridgehead atoms. The third-order valence-corrected chi connectivity index (χ3v) is 2.49. The summed E-state index contributed by atoms with van der Waals surface area (Å²) in [4.78, 5) is 32.3. The molecule has 0 aliphatic rings. The number of ketones is 1. The van der Waals surface area contributed by atoms with E-state index in [0.717, 1.165) is 0 Å². The second-order valence-electron chi connectivity index (χ2n) is 4.14. The number of nitrogens with zero attached hydrogens (tertiary/aromatic N) is 1. The van der Waals surface area contributed by atoms with Gasteiger partial charge in [0.25, 0.3) is 11.6 Å². The molecule has 0 aromatic heterocycles. The highest BCUT2D eigenvalue weighted by Crippen LogP contribution is 2.21. The van der Waals surface area contributed by atoms with E-state index in [4.69, 9.17) is 0 Å². The molecule has 1 aromatic rings. The minimum atomic E-state index is -4.49. The largest absolute Gasteiger partial charge is 0.389 e. The van der Waals surface area contributed by atoms with Crippen molar-refractivity contribution in [3.8, 4) is 0 Å². The van der Waals surface area contributed by atoms with Crippen LogP contribution in [0.4, 0.5) is 18.9 Å². The first-order valence-electron chi connectivity index (χ1n) is 5.80. The van der Waals surface area contributed by atoms with Crippen molar-refractivity contribution < 1.29 is 27.7 Å². The van der Waals surface area contributed by atoms with Gasteiger partial charge in [-0.25, -0.2) is 0 Å². The van der Waals surface area contributed by atoms with Crippen molar-refractivity contribution in [1.29, 1.82) is 0 Å².